The lowest BCUT2D eigenvalue weighted by Crippen LogP contribution is -2.06. The predicted octanol–water partition coefficient (Wildman–Crippen LogP) is 6.36. The summed E-state index contributed by atoms with van der Waals surface area (Å²) in [5, 5.41) is 4.29. The van der Waals surface area contributed by atoms with Gasteiger partial charge in [0.05, 0.1) is 5.71 Å². The lowest BCUT2D eigenvalue weighted by molar-refractivity contribution is 0.112. The molecule has 3 heteroatoms. The van der Waals surface area contributed by atoms with Crippen molar-refractivity contribution in [3.05, 3.63) is 69.8 Å². The van der Waals surface area contributed by atoms with E-state index in [-0.39, 0.29) is 0 Å². The molecule has 1 saturated carbocycles. The van der Waals surface area contributed by atoms with Crippen LogP contribution in [0.25, 0.3) is 0 Å². The van der Waals surface area contributed by atoms with Crippen LogP contribution in [-0.2, 0) is 17.9 Å². The quantitative estimate of drug-likeness (QED) is 0.320. The predicted molar refractivity (Wildman–Crippen MR) is 115 cm³/mol. The Morgan fingerprint density at radius 2 is 1.93 bits per heavy atom. The van der Waals surface area contributed by atoms with Crippen molar-refractivity contribution in [3.63, 3.8) is 0 Å². The van der Waals surface area contributed by atoms with E-state index in [1.54, 1.807) is 0 Å². The zero-order valence-corrected chi connectivity index (χ0v) is 17.3. The highest BCUT2D eigenvalue weighted by Gasteiger charge is 2.17. The van der Waals surface area contributed by atoms with Crippen LogP contribution in [0.3, 0.4) is 0 Å². The Hall–Kier alpha value is -2.42. The van der Waals surface area contributed by atoms with Crippen molar-refractivity contribution in [1.29, 1.82) is 0 Å². The lowest BCUT2D eigenvalue weighted by atomic mass is 9.82. The SMILES string of the molecule is CCc1cc(/C(C)=N/OCc2ccc(C3CCCCC3)c(C)c2)ccc1C=O. The van der Waals surface area contributed by atoms with E-state index in [2.05, 4.69) is 37.2 Å². The maximum Gasteiger partial charge on any atom is 0.150 e. The van der Waals surface area contributed by atoms with Crippen LogP contribution >= 0.6 is 0 Å². The molecule has 1 aliphatic rings. The van der Waals surface area contributed by atoms with Gasteiger partial charge in [-0.05, 0) is 72.9 Å². The average Bonchev–Trinajstić information content (AvgIpc) is 2.73. The van der Waals surface area contributed by atoms with Gasteiger partial charge in [0, 0.05) is 5.56 Å². The molecule has 0 unspecified atom stereocenters. The first-order valence-electron chi connectivity index (χ1n) is 10.5. The van der Waals surface area contributed by atoms with Crippen molar-refractivity contribution >= 4 is 12.0 Å². The van der Waals surface area contributed by atoms with Gasteiger partial charge in [-0.15, -0.1) is 0 Å². The number of oxime groups is 1. The average molecular weight is 378 g/mol. The fraction of sp³-hybridized carbons (Fsp3) is 0.440. The molecular weight excluding hydrogens is 346 g/mol. The summed E-state index contributed by atoms with van der Waals surface area (Å²) in [6.45, 7) is 6.67. The molecule has 28 heavy (non-hydrogen) atoms. The van der Waals surface area contributed by atoms with E-state index >= 15 is 0 Å². The van der Waals surface area contributed by atoms with Gasteiger partial charge in [0.15, 0.2) is 0 Å². The summed E-state index contributed by atoms with van der Waals surface area (Å²) < 4.78 is 0. The largest absolute Gasteiger partial charge is 0.391 e. The number of aldehydes is 1. The summed E-state index contributed by atoms with van der Waals surface area (Å²) in [7, 11) is 0. The fourth-order valence-corrected chi connectivity index (χ4v) is 4.21. The Morgan fingerprint density at radius 1 is 1.14 bits per heavy atom. The second-order valence-corrected chi connectivity index (χ2v) is 7.86. The molecule has 1 aliphatic carbocycles. The minimum Gasteiger partial charge on any atom is -0.391 e. The van der Waals surface area contributed by atoms with Crippen LogP contribution in [0, 0.1) is 6.92 Å². The molecule has 0 radical (unpaired) electrons. The molecule has 1 fully saturated rings. The highest BCUT2D eigenvalue weighted by Crippen LogP contribution is 2.34. The van der Waals surface area contributed by atoms with Crippen LogP contribution in [-0.4, -0.2) is 12.0 Å². The van der Waals surface area contributed by atoms with Crippen LogP contribution in [0.4, 0.5) is 0 Å². The van der Waals surface area contributed by atoms with Crippen molar-refractivity contribution in [1.82, 2.24) is 0 Å². The summed E-state index contributed by atoms with van der Waals surface area (Å²) in [6.07, 6.45) is 8.47. The van der Waals surface area contributed by atoms with Gasteiger partial charge in [-0.1, -0.05) is 61.7 Å². The van der Waals surface area contributed by atoms with E-state index in [1.807, 2.05) is 25.1 Å². The molecule has 3 nitrogen and oxygen atoms in total. The van der Waals surface area contributed by atoms with Gasteiger partial charge >= 0.3 is 0 Å². The zero-order valence-electron chi connectivity index (χ0n) is 17.3. The normalized spacial score (nSPS) is 15.5. The molecular formula is C25H31NO2. The molecule has 0 saturated heterocycles. The van der Waals surface area contributed by atoms with Gasteiger partial charge in [0.25, 0.3) is 0 Å². The number of carbonyl (C=O) groups is 1. The molecule has 2 aromatic rings. The van der Waals surface area contributed by atoms with Gasteiger partial charge < -0.3 is 4.84 Å². The summed E-state index contributed by atoms with van der Waals surface area (Å²) in [4.78, 5) is 16.7. The third-order valence-electron chi connectivity index (χ3n) is 5.88. The van der Waals surface area contributed by atoms with E-state index < -0.39 is 0 Å². The maximum atomic E-state index is 11.1. The molecule has 0 amide bonds. The number of hydrogen-bond donors (Lipinski definition) is 0. The van der Waals surface area contributed by atoms with Crippen molar-refractivity contribution in [2.75, 3.05) is 0 Å². The van der Waals surface area contributed by atoms with Crippen LogP contribution in [0.15, 0.2) is 41.6 Å². The first kappa shape index (κ1) is 20.3. The third-order valence-corrected chi connectivity index (χ3v) is 5.88. The van der Waals surface area contributed by atoms with Crippen molar-refractivity contribution in [3.8, 4) is 0 Å². The second kappa shape index (κ2) is 9.68. The number of rotatable bonds is 7. The minimum atomic E-state index is 0.468. The smallest absolute Gasteiger partial charge is 0.150 e. The molecule has 0 aliphatic heterocycles. The van der Waals surface area contributed by atoms with Gasteiger partial charge in [-0.3, -0.25) is 4.79 Å². The van der Waals surface area contributed by atoms with Crippen molar-refractivity contribution < 1.29 is 9.63 Å². The molecule has 0 aromatic heterocycles. The first-order chi connectivity index (χ1) is 13.6. The fourth-order valence-electron chi connectivity index (χ4n) is 4.21. The van der Waals surface area contributed by atoms with Crippen LogP contribution in [0.2, 0.25) is 0 Å². The van der Waals surface area contributed by atoms with Crippen molar-refractivity contribution in [2.45, 2.75) is 71.8 Å². The standard InChI is InChI=1S/C25H31NO2/c1-4-21-15-23(11-12-24(21)16-27)19(3)26-28-17-20-10-13-25(18(2)14-20)22-8-6-5-7-9-22/h10-16,22H,4-9,17H2,1-3H3/b26-19+. The highest BCUT2D eigenvalue weighted by atomic mass is 16.6. The first-order valence-corrected chi connectivity index (χ1v) is 10.5. The number of aryl methyl sites for hydroxylation is 2. The Morgan fingerprint density at radius 3 is 2.61 bits per heavy atom. The summed E-state index contributed by atoms with van der Waals surface area (Å²) >= 11 is 0. The van der Waals surface area contributed by atoms with E-state index in [9.17, 15) is 4.79 Å². The number of hydrogen-bond acceptors (Lipinski definition) is 3. The number of benzene rings is 2. The van der Waals surface area contributed by atoms with Gasteiger partial charge in [0.1, 0.15) is 12.9 Å². The van der Waals surface area contributed by atoms with Gasteiger partial charge in [-0.25, -0.2) is 0 Å². The number of nitrogens with zero attached hydrogens (tertiary/aromatic N) is 1. The summed E-state index contributed by atoms with van der Waals surface area (Å²) in [5.74, 6) is 0.728. The minimum absolute atomic E-state index is 0.468. The molecule has 0 heterocycles. The van der Waals surface area contributed by atoms with E-state index in [1.165, 1.54) is 43.2 Å². The topological polar surface area (TPSA) is 38.7 Å². The highest BCUT2D eigenvalue weighted by molar-refractivity contribution is 5.99. The molecule has 148 valence electrons. The summed E-state index contributed by atoms with van der Waals surface area (Å²) in [5.41, 5.74) is 7.62. The van der Waals surface area contributed by atoms with Gasteiger partial charge in [0.2, 0.25) is 0 Å². The molecule has 0 bridgehead atoms. The van der Waals surface area contributed by atoms with Gasteiger partial charge in [-0.2, -0.15) is 0 Å². The Bertz CT molecular complexity index is 848. The molecule has 0 spiro atoms. The molecule has 3 rings (SSSR count). The Kier molecular flexibility index (Phi) is 7.02. The lowest BCUT2D eigenvalue weighted by Gasteiger charge is -2.23. The van der Waals surface area contributed by atoms with E-state index in [4.69, 9.17) is 4.84 Å². The third kappa shape index (κ3) is 4.89. The molecule has 2 aromatic carbocycles. The zero-order chi connectivity index (χ0) is 19.9. The monoisotopic (exact) mass is 377 g/mol. The maximum absolute atomic E-state index is 11.1. The summed E-state index contributed by atoms with van der Waals surface area (Å²) in [6, 6.07) is 12.5. The number of carbonyl (C=O) groups excluding carboxylic acids is 1. The second-order valence-electron chi connectivity index (χ2n) is 7.86. The van der Waals surface area contributed by atoms with E-state index in [0.717, 1.165) is 46.6 Å². The Labute approximate surface area is 168 Å². The van der Waals surface area contributed by atoms with Crippen molar-refractivity contribution in [2.24, 2.45) is 5.16 Å². The van der Waals surface area contributed by atoms with Crippen LogP contribution in [0.5, 0.6) is 0 Å². The molecule has 0 atom stereocenters. The molecule has 0 N–H and O–H groups in total. The Balaban J connectivity index is 1.63. The van der Waals surface area contributed by atoms with Crippen LogP contribution in [0.1, 0.15) is 90.0 Å². The van der Waals surface area contributed by atoms with E-state index in [0.29, 0.717) is 6.61 Å². The van der Waals surface area contributed by atoms with Crippen LogP contribution < -0.4 is 0 Å².